The van der Waals surface area contributed by atoms with Crippen molar-refractivity contribution in [1.29, 1.82) is 0 Å². The van der Waals surface area contributed by atoms with Gasteiger partial charge in [-0.25, -0.2) is 8.42 Å². The van der Waals surface area contributed by atoms with Crippen LogP contribution in [-0.4, -0.2) is 59.8 Å². The first-order chi connectivity index (χ1) is 13.9. The fraction of sp³-hybridized carbons (Fsp3) is 0.353. The summed E-state index contributed by atoms with van der Waals surface area (Å²) in [5.74, 6) is 0.879. The van der Waals surface area contributed by atoms with Crippen molar-refractivity contribution in [2.24, 2.45) is 0 Å². The number of thiophene rings is 2. The normalized spacial score (nSPS) is 15.7. The van der Waals surface area contributed by atoms with E-state index in [-0.39, 0.29) is 29.6 Å². The van der Waals surface area contributed by atoms with E-state index < -0.39 is 10.0 Å². The number of sulfonamides is 1. The molecule has 0 atom stereocenters. The molecule has 0 spiro atoms. The Labute approximate surface area is 180 Å². The molecular formula is C17H17ClN4O4S3. The Kier molecular flexibility index (Phi) is 6.02. The summed E-state index contributed by atoms with van der Waals surface area (Å²) in [7, 11) is -3.57. The molecule has 0 aromatic carbocycles. The number of carbonyl (C=O) groups is 1. The second-order valence-electron chi connectivity index (χ2n) is 6.33. The third kappa shape index (κ3) is 4.53. The van der Waals surface area contributed by atoms with Crippen molar-refractivity contribution < 1.29 is 17.7 Å². The van der Waals surface area contributed by atoms with Gasteiger partial charge in [-0.05, 0) is 23.6 Å². The van der Waals surface area contributed by atoms with E-state index in [1.165, 1.54) is 21.7 Å². The molecule has 1 aliphatic heterocycles. The average Bonchev–Trinajstić information content (AvgIpc) is 3.47. The Hall–Kier alpha value is -1.79. The van der Waals surface area contributed by atoms with Crippen LogP contribution in [0.2, 0.25) is 4.34 Å². The van der Waals surface area contributed by atoms with Crippen LogP contribution in [0.4, 0.5) is 0 Å². The lowest BCUT2D eigenvalue weighted by Gasteiger charge is -2.33. The molecule has 3 aromatic rings. The Bertz CT molecular complexity index is 1090. The summed E-state index contributed by atoms with van der Waals surface area (Å²) in [6, 6.07) is 6.89. The zero-order valence-corrected chi connectivity index (χ0v) is 18.4. The number of rotatable bonds is 6. The van der Waals surface area contributed by atoms with Gasteiger partial charge in [-0.3, -0.25) is 4.79 Å². The number of amides is 1. The smallest absolute Gasteiger partial charge is 0.252 e. The summed E-state index contributed by atoms with van der Waals surface area (Å²) in [4.78, 5) is 19.4. The molecule has 0 radical (unpaired) electrons. The number of aryl methyl sites for hydroxylation is 1. The van der Waals surface area contributed by atoms with Crippen molar-refractivity contribution in [3.8, 4) is 10.7 Å². The monoisotopic (exact) mass is 472 g/mol. The zero-order valence-electron chi connectivity index (χ0n) is 15.2. The average molecular weight is 473 g/mol. The molecule has 0 N–H and O–H groups in total. The fourth-order valence-electron chi connectivity index (χ4n) is 2.98. The SMILES string of the molecule is O=C(CCc1nc(-c2cccs2)no1)N1CCN(S(=O)(=O)c2ccc(Cl)s2)CC1. The van der Waals surface area contributed by atoms with Crippen LogP contribution in [0.3, 0.4) is 0 Å². The highest BCUT2D eigenvalue weighted by Gasteiger charge is 2.31. The van der Waals surface area contributed by atoms with Crippen LogP contribution >= 0.6 is 34.3 Å². The summed E-state index contributed by atoms with van der Waals surface area (Å²) in [5.41, 5.74) is 0. The molecule has 0 unspecified atom stereocenters. The van der Waals surface area contributed by atoms with Gasteiger partial charge in [-0.15, -0.1) is 22.7 Å². The van der Waals surface area contributed by atoms with E-state index in [2.05, 4.69) is 10.1 Å². The van der Waals surface area contributed by atoms with Crippen molar-refractivity contribution in [1.82, 2.24) is 19.3 Å². The summed E-state index contributed by atoms with van der Waals surface area (Å²) < 4.78 is 32.5. The van der Waals surface area contributed by atoms with Gasteiger partial charge in [0.25, 0.3) is 10.0 Å². The van der Waals surface area contributed by atoms with Gasteiger partial charge in [0.2, 0.25) is 17.6 Å². The summed E-state index contributed by atoms with van der Waals surface area (Å²) >= 11 is 8.40. The first-order valence-corrected chi connectivity index (χ1v) is 12.3. The predicted octanol–water partition coefficient (Wildman–Crippen LogP) is 2.98. The third-order valence-electron chi connectivity index (χ3n) is 4.50. The summed E-state index contributed by atoms with van der Waals surface area (Å²) in [6.07, 6.45) is 0.586. The van der Waals surface area contributed by atoms with Crippen molar-refractivity contribution in [3.63, 3.8) is 0 Å². The van der Waals surface area contributed by atoms with Crippen molar-refractivity contribution in [3.05, 3.63) is 39.9 Å². The van der Waals surface area contributed by atoms with Gasteiger partial charge in [-0.2, -0.15) is 9.29 Å². The molecule has 0 saturated carbocycles. The van der Waals surface area contributed by atoms with Crippen LogP contribution in [0, 0.1) is 0 Å². The molecule has 0 aliphatic carbocycles. The maximum atomic E-state index is 12.6. The second-order valence-corrected chi connectivity index (χ2v) is 11.2. The van der Waals surface area contributed by atoms with Gasteiger partial charge in [0.15, 0.2) is 0 Å². The Morgan fingerprint density at radius 2 is 2.00 bits per heavy atom. The van der Waals surface area contributed by atoms with E-state index in [0.29, 0.717) is 35.6 Å². The van der Waals surface area contributed by atoms with E-state index in [4.69, 9.17) is 16.1 Å². The molecule has 1 saturated heterocycles. The Morgan fingerprint density at radius 1 is 1.21 bits per heavy atom. The van der Waals surface area contributed by atoms with Crippen LogP contribution in [0.25, 0.3) is 10.7 Å². The molecule has 4 heterocycles. The first kappa shape index (κ1) is 20.5. The number of aromatic nitrogens is 2. The Morgan fingerprint density at radius 3 is 2.66 bits per heavy atom. The van der Waals surface area contributed by atoms with Crippen LogP contribution in [0.1, 0.15) is 12.3 Å². The zero-order chi connectivity index (χ0) is 20.4. The summed E-state index contributed by atoms with van der Waals surface area (Å²) in [5, 5.41) is 5.87. The highest BCUT2D eigenvalue weighted by Crippen LogP contribution is 2.28. The topological polar surface area (TPSA) is 96.6 Å². The number of hydrogen-bond acceptors (Lipinski definition) is 8. The molecule has 1 amide bonds. The molecule has 154 valence electrons. The van der Waals surface area contributed by atoms with E-state index in [1.807, 2.05) is 17.5 Å². The minimum Gasteiger partial charge on any atom is -0.340 e. The minimum absolute atomic E-state index is 0.0583. The van der Waals surface area contributed by atoms with E-state index in [0.717, 1.165) is 16.2 Å². The van der Waals surface area contributed by atoms with E-state index in [9.17, 15) is 13.2 Å². The molecular weight excluding hydrogens is 456 g/mol. The quantitative estimate of drug-likeness (QED) is 0.547. The molecule has 4 rings (SSSR count). The van der Waals surface area contributed by atoms with Gasteiger partial charge < -0.3 is 9.42 Å². The molecule has 12 heteroatoms. The number of halogens is 1. The predicted molar refractivity (Wildman–Crippen MR) is 111 cm³/mol. The molecule has 29 heavy (non-hydrogen) atoms. The van der Waals surface area contributed by atoms with Gasteiger partial charge >= 0.3 is 0 Å². The van der Waals surface area contributed by atoms with Gasteiger partial charge in [0.1, 0.15) is 4.21 Å². The number of nitrogens with zero attached hydrogens (tertiary/aromatic N) is 4. The molecule has 1 fully saturated rings. The Balaban J connectivity index is 1.29. The largest absolute Gasteiger partial charge is 0.340 e. The maximum Gasteiger partial charge on any atom is 0.252 e. The van der Waals surface area contributed by atoms with Crippen molar-refractivity contribution in [2.75, 3.05) is 26.2 Å². The second kappa shape index (κ2) is 8.52. The van der Waals surface area contributed by atoms with Crippen LogP contribution < -0.4 is 0 Å². The van der Waals surface area contributed by atoms with E-state index in [1.54, 1.807) is 11.0 Å². The summed E-state index contributed by atoms with van der Waals surface area (Å²) in [6.45, 7) is 1.21. The molecule has 3 aromatic heterocycles. The third-order valence-corrected chi connectivity index (χ3v) is 8.96. The van der Waals surface area contributed by atoms with Crippen LogP contribution in [-0.2, 0) is 21.2 Å². The van der Waals surface area contributed by atoms with Crippen molar-refractivity contribution in [2.45, 2.75) is 17.1 Å². The molecule has 0 bridgehead atoms. The van der Waals surface area contributed by atoms with Gasteiger partial charge in [-0.1, -0.05) is 22.8 Å². The number of piperazine rings is 1. The van der Waals surface area contributed by atoms with Crippen LogP contribution in [0.5, 0.6) is 0 Å². The molecule has 1 aliphatic rings. The highest BCUT2D eigenvalue weighted by atomic mass is 35.5. The van der Waals surface area contributed by atoms with Crippen LogP contribution in [0.15, 0.2) is 38.4 Å². The maximum absolute atomic E-state index is 12.6. The lowest BCUT2D eigenvalue weighted by Crippen LogP contribution is -2.50. The van der Waals surface area contributed by atoms with Crippen molar-refractivity contribution >= 4 is 50.2 Å². The van der Waals surface area contributed by atoms with Gasteiger partial charge in [0.05, 0.1) is 9.21 Å². The van der Waals surface area contributed by atoms with Gasteiger partial charge in [0, 0.05) is 39.0 Å². The highest BCUT2D eigenvalue weighted by molar-refractivity contribution is 7.91. The first-order valence-electron chi connectivity index (χ1n) is 8.83. The fourth-order valence-corrected chi connectivity index (χ4v) is 6.68. The number of carbonyl (C=O) groups excluding carboxylic acids is 1. The standard InChI is InChI=1S/C17H17ClN4O4S3/c18-13-3-6-16(28-13)29(24,25)22-9-7-21(8-10-22)15(23)5-4-14-19-17(20-26-14)12-2-1-11-27-12/h1-3,6,11H,4-5,7-10H2. The lowest BCUT2D eigenvalue weighted by molar-refractivity contribution is -0.132. The molecule has 8 nitrogen and oxygen atoms in total. The van der Waals surface area contributed by atoms with E-state index >= 15 is 0 Å². The lowest BCUT2D eigenvalue weighted by atomic mass is 10.2. The number of hydrogen-bond donors (Lipinski definition) is 0. The minimum atomic E-state index is -3.57.